The van der Waals surface area contributed by atoms with Crippen LogP contribution in [-0.4, -0.2) is 0 Å². The normalized spacial score (nSPS) is 13.0. The van der Waals surface area contributed by atoms with Gasteiger partial charge in [0.25, 0.3) is 0 Å². The molecule has 0 spiro atoms. The van der Waals surface area contributed by atoms with Crippen molar-refractivity contribution >= 4 is 39.0 Å². The number of fused-ring (bicyclic) bond motifs is 6. The molecular formula is C61H49NO. The number of rotatable bonds is 7. The average molecular weight is 812 g/mol. The molecule has 0 unspecified atom stereocenters. The van der Waals surface area contributed by atoms with E-state index in [2.05, 4.69) is 234 Å². The number of benzene rings is 9. The van der Waals surface area contributed by atoms with Gasteiger partial charge in [0.1, 0.15) is 11.2 Å². The van der Waals surface area contributed by atoms with Gasteiger partial charge in [-0.3, -0.25) is 0 Å². The van der Waals surface area contributed by atoms with Crippen LogP contribution in [0, 0.1) is 0 Å². The Morgan fingerprint density at radius 1 is 0.397 bits per heavy atom. The van der Waals surface area contributed by atoms with Crippen molar-refractivity contribution in [3.05, 3.63) is 223 Å². The van der Waals surface area contributed by atoms with Crippen LogP contribution in [-0.2, 0) is 10.8 Å². The van der Waals surface area contributed by atoms with Gasteiger partial charge in [0.15, 0.2) is 0 Å². The molecule has 10 aromatic rings. The van der Waals surface area contributed by atoms with E-state index in [1.807, 2.05) is 12.1 Å². The Hall–Kier alpha value is -7.42. The third-order valence-corrected chi connectivity index (χ3v) is 13.3. The van der Waals surface area contributed by atoms with Crippen molar-refractivity contribution in [2.45, 2.75) is 45.4 Å². The van der Waals surface area contributed by atoms with E-state index in [0.29, 0.717) is 0 Å². The van der Waals surface area contributed by atoms with E-state index < -0.39 is 0 Å². The van der Waals surface area contributed by atoms with Gasteiger partial charge in [0, 0.05) is 38.7 Å². The molecule has 0 bridgehead atoms. The molecule has 0 saturated heterocycles. The average Bonchev–Trinajstić information content (AvgIpc) is 3.81. The number of furan rings is 1. The fourth-order valence-electron chi connectivity index (χ4n) is 9.82. The fraction of sp³-hybridized carbons (Fsp3) is 0.115. The van der Waals surface area contributed by atoms with Crippen LogP contribution in [0.1, 0.15) is 51.3 Å². The zero-order valence-electron chi connectivity index (χ0n) is 36.5. The summed E-state index contributed by atoms with van der Waals surface area (Å²) in [4.78, 5) is 2.41. The van der Waals surface area contributed by atoms with E-state index >= 15 is 0 Å². The first-order valence-electron chi connectivity index (χ1n) is 22.1. The second-order valence-corrected chi connectivity index (χ2v) is 18.6. The molecule has 0 aliphatic heterocycles. The van der Waals surface area contributed by atoms with E-state index in [9.17, 15) is 0 Å². The maximum atomic E-state index is 6.47. The zero-order valence-corrected chi connectivity index (χ0v) is 36.5. The molecule has 1 aliphatic rings. The molecule has 0 radical (unpaired) electrons. The molecular weight excluding hydrogens is 763 g/mol. The summed E-state index contributed by atoms with van der Waals surface area (Å²) in [5, 5.41) is 2.27. The zero-order chi connectivity index (χ0) is 42.9. The SMILES string of the molecule is CC(C)(C)c1ccc(-c2ccc3c(c2)C(C)(C)c2ccc(-c4ccccc4N(c4ccc(-c5cccc6c5oc5ccccc56)cc4)c4cccc(-c5ccccc5)c4)cc2-3)cc1. The van der Waals surface area contributed by atoms with Crippen LogP contribution in [0.4, 0.5) is 17.1 Å². The van der Waals surface area contributed by atoms with Gasteiger partial charge in [-0.1, -0.05) is 192 Å². The number of hydrogen-bond acceptors (Lipinski definition) is 2. The monoisotopic (exact) mass is 811 g/mol. The van der Waals surface area contributed by atoms with E-state index in [1.165, 1.54) is 61.2 Å². The lowest BCUT2D eigenvalue weighted by molar-refractivity contribution is 0.590. The van der Waals surface area contributed by atoms with Crippen LogP contribution in [0.15, 0.2) is 211 Å². The molecule has 2 nitrogen and oxygen atoms in total. The Balaban J connectivity index is 1.02. The van der Waals surface area contributed by atoms with Gasteiger partial charge in [0.05, 0.1) is 5.69 Å². The molecule has 11 rings (SSSR count). The van der Waals surface area contributed by atoms with Crippen LogP contribution in [0.25, 0.3) is 77.6 Å². The van der Waals surface area contributed by atoms with Crippen LogP contribution >= 0.6 is 0 Å². The summed E-state index contributed by atoms with van der Waals surface area (Å²) in [6.45, 7) is 11.6. The summed E-state index contributed by atoms with van der Waals surface area (Å²) in [7, 11) is 0. The van der Waals surface area contributed by atoms with Crippen molar-refractivity contribution in [2.75, 3.05) is 4.90 Å². The summed E-state index contributed by atoms with van der Waals surface area (Å²) in [5.41, 5.74) is 21.2. The first-order chi connectivity index (χ1) is 30.6. The lowest BCUT2D eigenvalue weighted by atomic mass is 9.81. The van der Waals surface area contributed by atoms with Crippen LogP contribution < -0.4 is 4.90 Å². The van der Waals surface area contributed by atoms with Gasteiger partial charge in [0.2, 0.25) is 0 Å². The maximum absolute atomic E-state index is 6.47. The molecule has 0 amide bonds. The highest BCUT2D eigenvalue weighted by atomic mass is 16.3. The molecule has 2 heteroatoms. The highest BCUT2D eigenvalue weighted by Crippen LogP contribution is 2.52. The summed E-state index contributed by atoms with van der Waals surface area (Å²) in [5.74, 6) is 0. The Kier molecular flexibility index (Phi) is 9.10. The van der Waals surface area contributed by atoms with Gasteiger partial charge >= 0.3 is 0 Å². The first kappa shape index (κ1) is 38.5. The molecule has 1 aliphatic carbocycles. The predicted molar refractivity (Wildman–Crippen MR) is 266 cm³/mol. The topological polar surface area (TPSA) is 16.4 Å². The number of nitrogens with zero attached hydrogens (tertiary/aromatic N) is 1. The van der Waals surface area contributed by atoms with Crippen molar-refractivity contribution in [3.8, 4) is 55.6 Å². The quantitative estimate of drug-likeness (QED) is 0.159. The molecule has 63 heavy (non-hydrogen) atoms. The van der Waals surface area contributed by atoms with E-state index in [4.69, 9.17) is 4.42 Å². The summed E-state index contributed by atoms with van der Waals surface area (Å²) >= 11 is 0. The van der Waals surface area contributed by atoms with Crippen LogP contribution in [0.3, 0.4) is 0 Å². The van der Waals surface area contributed by atoms with Gasteiger partial charge in [-0.2, -0.15) is 0 Å². The van der Waals surface area contributed by atoms with E-state index in [0.717, 1.165) is 50.1 Å². The Bertz CT molecular complexity index is 3330. The van der Waals surface area contributed by atoms with E-state index in [1.54, 1.807) is 0 Å². The molecule has 0 saturated carbocycles. The van der Waals surface area contributed by atoms with Crippen molar-refractivity contribution < 1.29 is 4.42 Å². The molecule has 1 heterocycles. The third kappa shape index (κ3) is 6.65. The predicted octanol–water partition coefficient (Wildman–Crippen LogP) is 17.3. The minimum Gasteiger partial charge on any atom is -0.455 e. The number of anilines is 3. The highest BCUT2D eigenvalue weighted by Gasteiger charge is 2.36. The minimum absolute atomic E-state index is 0.122. The maximum Gasteiger partial charge on any atom is 0.143 e. The summed E-state index contributed by atoms with van der Waals surface area (Å²) < 4.78 is 6.47. The lowest BCUT2D eigenvalue weighted by Gasteiger charge is -2.29. The smallest absolute Gasteiger partial charge is 0.143 e. The molecule has 9 aromatic carbocycles. The van der Waals surface area contributed by atoms with Gasteiger partial charge < -0.3 is 9.32 Å². The Morgan fingerprint density at radius 2 is 1.02 bits per heavy atom. The molecule has 0 N–H and O–H groups in total. The molecule has 0 atom stereocenters. The van der Waals surface area contributed by atoms with Crippen molar-refractivity contribution in [3.63, 3.8) is 0 Å². The molecule has 0 fully saturated rings. The largest absolute Gasteiger partial charge is 0.455 e. The van der Waals surface area contributed by atoms with E-state index in [-0.39, 0.29) is 10.8 Å². The fourth-order valence-corrected chi connectivity index (χ4v) is 9.82. The first-order valence-corrected chi connectivity index (χ1v) is 22.1. The second kappa shape index (κ2) is 14.9. The van der Waals surface area contributed by atoms with Crippen LogP contribution in [0.2, 0.25) is 0 Å². The number of hydrogen-bond donors (Lipinski definition) is 0. The van der Waals surface area contributed by atoms with Gasteiger partial charge in [-0.15, -0.1) is 0 Å². The van der Waals surface area contributed by atoms with Crippen molar-refractivity contribution in [1.82, 2.24) is 0 Å². The van der Waals surface area contributed by atoms with Crippen molar-refractivity contribution in [2.24, 2.45) is 0 Å². The lowest BCUT2D eigenvalue weighted by Crippen LogP contribution is -2.15. The highest BCUT2D eigenvalue weighted by molar-refractivity contribution is 6.09. The van der Waals surface area contributed by atoms with Crippen molar-refractivity contribution in [1.29, 1.82) is 0 Å². The third-order valence-electron chi connectivity index (χ3n) is 13.3. The summed E-state index contributed by atoms with van der Waals surface area (Å²) in [6.07, 6.45) is 0. The molecule has 1 aromatic heterocycles. The van der Waals surface area contributed by atoms with Gasteiger partial charge in [-0.05, 0) is 115 Å². The standard InChI is InChI=1S/C61H49NO/c1-60(2,3)46-31-25-41(26-32-46)44-29-35-51-54-38-45(30-36-55(54)61(4,5)56(51)39-44)49-19-9-11-23-57(49)62(48-18-13-17-43(37-48)40-15-7-6-8-16-40)47-33-27-42(28-34-47)50-21-14-22-53-52-20-10-12-24-58(52)63-59(50)53/h6-39H,1-5H3. The molecule has 304 valence electrons. The number of para-hydroxylation sites is 3. The summed E-state index contributed by atoms with van der Waals surface area (Å²) in [6, 6.07) is 75.4. The minimum atomic E-state index is -0.136. The second-order valence-electron chi connectivity index (χ2n) is 18.6. The van der Waals surface area contributed by atoms with Crippen LogP contribution in [0.5, 0.6) is 0 Å². The Morgan fingerprint density at radius 3 is 1.83 bits per heavy atom. The Labute approximate surface area is 370 Å². The van der Waals surface area contributed by atoms with Gasteiger partial charge in [-0.25, -0.2) is 0 Å².